The van der Waals surface area contributed by atoms with Gasteiger partial charge in [-0.2, -0.15) is 0 Å². The van der Waals surface area contributed by atoms with Gasteiger partial charge in [0.2, 0.25) is 0 Å². The molecule has 0 atom stereocenters. The molecular formula is C18H16N2O4S. The number of benzene rings is 1. The number of hydrogen-bond donors (Lipinski definition) is 1. The number of para-hydroxylation sites is 1. The zero-order valence-corrected chi connectivity index (χ0v) is 14.5. The van der Waals surface area contributed by atoms with Gasteiger partial charge >= 0.3 is 5.97 Å². The van der Waals surface area contributed by atoms with Crippen LogP contribution in [0.25, 0.3) is 11.8 Å². The number of amides is 2. The number of rotatable bonds is 4. The summed E-state index contributed by atoms with van der Waals surface area (Å²) in [5.74, 6) is -1.78. The van der Waals surface area contributed by atoms with Gasteiger partial charge in [-0.15, -0.1) is 0 Å². The van der Waals surface area contributed by atoms with E-state index in [1.807, 2.05) is 50.2 Å². The van der Waals surface area contributed by atoms with Gasteiger partial charge in [0.1, 0.15) is 6.54 Å². The van der Waals surface area contributed by atoms with Crippen LogP contribution in [0.1, 0.15) is 17.0 Å². The fraction of sp³-hybridized carbons (Fsp3) is 0.167. The molecule has 0 saturated carbocycles. The van der Waals surface area contributed by atoms with Crippen LogP contribution in [0, 0.1) is 13.8 Å². The number of aromatic nitrogens is 1. The summed E-state index contributed by atoms with van der Waals surface area (Å²) in [6.45, 7) is 3.28. The number of aryl methyl sites for hydroxylation is 1. The second kappa shape index (κ2) is 6.60. The molecule has 1 fully saturated rings. The first-order valence-electron chi connectivity index (χ1n) is 7.60. The maximum Gasteiger partial charge on any atom is 0.323 e. The Labute approximate surface area is 148 Å². The number of aliphatic carboxylic acids is 1. The summed E-state index contributed by atoms with van der Waals surface area (Å²) in [4.78, 5) is 35.9. The van der Waals surface area contributed by atoms with Crippen molar-refractivity contribution in [2.45, 2.75) is 13.8 Å². The van der Waals surface area contributed by atoms with E-state index in [1.165, 1.54) is 0 Å². The highest BCUT2D eigenvalue weighted by molar-refractivity contribution is 8.18. The maximum atomic E-state index is 12.3. The summed E-state index contributed by atoms with van der Waals surface area (Å²) < 4.78 is 2.06. The van der Waals surface area contributed by atoms with Gasteiger partial charge in [-0.1, -0.05) is 18.2 Å². The van der Waals surface area contributed by atoms with E-state index in [0.717, 1.165) is 39.3 Å². The average Bonchev–Trinajstić information content (AvgIpc) is 2.99. The van der Waals surface area contributed by atoms with Gasteiger partial charge in [0.25, 0.3) is 11.1 Å². The summed E-state index contributed by atoms with van der Waals surface area (Å²) in [6.07, 6.45) is 1.65. The molecular weight excluding hydrogens is 340 g/mol. The van der Waals surface area contributed by atoms with Crippen molar-refractivity contribution >= 4 is 35.0 Å². The Kier molecular flexibility index (Phi) is 4.50. The Morgan fingerprint density at radius 1 is 1.20 bits per heavy atom. The molecule has 2 amide bonds. The summed E-state index contributed by atoms with van der Waals surface area (Å²) in [6, 6.07) is 11.8. The largest absolute Gasteiger partial charge is 0.480 e. The zero-order valence-electron chi connectivity index (χ0n) is 13.7. The second-order valence-corrected chi connectivity index (χ2v) is 6.65. The van der Waals surface area contributed by atoms with Crippen LogP contribution in [0.15, 0.2) is 41.3 Å². The van der Waals surface area contributed by atoms with Gasteiger partial charge in [-0.25, -0.2) is 0 Å². The quantitative estimate of drug-likeness (QED) is 0.851. The third-order valence-corrected chi connectivity index (χ3v) is 4.85. The van der Waals surface area contributed by atoms with Crippen molar-refractivity contribution in [2.24, 2.45) is 0 Å². The van der Waals surface area contributed by atoms with E-state index in [1.54, 1.807) is 6.08 Å². The highest BCUT2D eigenvalue weighted by Crippen LogP contribution is 2.33. The Morgan fingerprint density at radius 3 is 2.52 bits per heavy atom. The van der Waals surface area contributed by atoms with Crippen LogP contribution >= 0.6 is 11.8 Å². The number of carbonyl (C=O) groups is 3. The number of carboxylic acids is 1. The van der Waals surface area contributed by atoms with E-state index in [9.17, 15) is 14.4 Å². The lowest BCUT2D eigenvalue weighted by Crippen LogP contribution is -2.33. The van der Waals surface area contributed by atoms with Crippen molar-refractivity contribution in [2.75, 3.05) is 6.54 Å². The standard InChI is InChI=1S/C18H16N2O4S/c1-11-8-13(12(2)20(11)14-6-4-3-5-7-14)9-15-17(23)19(10-16(21)22)18(24)25-15/h3-9H,10H2,1-2H3,(H,21,22)/b15-9-. The smallest absolute Gasteiger partial charge is 0.323 e. The van der Waals surface area contributed by atoms with Gasteiger partial charge in [-0.3, -0.25) is 19.3 Å². The predicted octanol–water partition coefficient (Wildman–Crippen LogP) is 3.22. The predicted molar refractivity (Wildman–Crippen MR) is 95.6 cm³/mol. The first kappa shape index (κ1) is 17.0. The Morgan fingerprint density at radius 2 is 1.88 bits per heavy atom. The third kappa shape index (κ3) is 3.23. The third-order valence-electron chi connectivity index (χ3n) is 3.94. The molecule has 3 rings (SSSR count). The molecule has 7 heteroatoms. The van der Waals surface area contributed by atoms with Crippen LogP contribution in [0.3, 0.4) is 0 Å². The minimum absolute atomic E-state index is 0.236. The molecule has 0 radical (unpaired) electrons. The summed E-state index contributed by atoms with van der Waals surface area (Å²) in [7, 11) is 0. The summed E-state index contributed by atoms with van der Waals surface area (Å²) in [5, 5.41) is 8.26. The minimum Gasteiger partial charge on any atom is -0.480 e. The van der Waals surface area contributed by atoms with E-state index in [2.05, 4.69) is 4.57 Å². The van der Waals surface area contributed by atoms with Gasteiger partial charge in [0, 0.05) is 17.1 Å². The van der Waals surface area contributed by atoms with Crippen molar-refractivity contribution in [3.8, 4) is 5.69 Å². The normalized spacial score (nSPS) is 16.1. The van der Waals surface area contributed by atoms with Gasteiger partial charge in [0.15, 0.2) is 0 Å². The van der Waals surface area contributed by atoms with Crippen LogP contribution in [0.2, 0.25) is 0 Å². The lowest BCUT2D eigenvalue weighted by molar-refractivity contribution is -0.140. The summed E-state index contributed by atoms with van der Waals surface area (Å²) >= 11 is 0.764. The number of carboxylic acid groups (broad SMARTS) is 1. The fourth-order valence-corrected chi connectivity index (χ4v) is 3.65. The number of thioether (sulfide) groups is 1. The summed E-state index contributed by atoms with van der Waals surface area (Å²) in [5.41, 5.74) is 3.77. The van der Waals surface area contributed by atoms with Crippen LogP contribution < -0.4 is 0 Å². The van der Waals surface area contributed by atoms with Crippen molar-refractivity contribution in [1.82, 2.24) is 9.47 Å². The number of hydrogen-bond acceptors (Lipinski definition) is 4. The van der Waals surface area contributed by atoms with Crippen molar-refractivity contribution in [3.63, 3.8) is 0 Å². The zero-order chi connectivity index (χ0) is 18.1. The van der Waals surface area contributed by atoms with E-state index in [4.69, 9.17) is 5.11 Å². The molecule has 1 aliphatic heterocycles. The number of imide groups is 1. The molecule has 128 valence electrons. The SMILES string of the molecule is Cc1cc(/C=C2\SC(=O)N(CC(=O)O)C2=O)c(C)n1-c1ccccc1. The molecule has 1 saturated heterocycles. The van der Waals surface area contributed by atoms with Gasteiger partial charge in [0.05, 0.1) is 4.91 Å². The van der Waals surface area contributed by atoms with E-state index in [0.29, 0.717) is 0 Å². The Hall–Kier alpha value is -2.80. The average molecular weight is 356 g/mol. The molecule has 1 aromatic carbocycles. The molecule has 2 aromatic rings. The topological polar surface area (TPSA) is 79.6 Å². The Bertz CT molecular complexity index is 899. The molecule has 6 nitrogen and oxygen atoms in total. The van der Waals surface area contributed by atoms with E-state index in [-0.39, 0.29) is 4.91 Å². The second-order valence-electron chi connectivity index (χ2n) is 5.66. The van der Waals surface area contributed by atoms with Crippen molar-refractivity contribution < 1.29 is 19.5 Å². The van der Waals surface area contributed by atoms with Crippen LogP contribution in [0.5, 0.6) is 0 Å². The van der Waals surface area contributed by atoms with Crippen LogP contribution in [0.4, 0.5) is 4.79 Å². The van der Waals surface area contributed by atoms with Crippen LogP contribution in [-0.4, -0.2) is 38.2 Å². The molecule has 1 aliphatic rings. The molecule has 2 heterocycles. The molecule has 0 unspecified atom stereocenters. The molecule has 1 N–H and O–H groups in total. The monoisotopic (exact) mass is 356 g/mol. The lowest BCUT2D eigenvalue weighted by Gasteiger charge is -2.09. The molecule has 1 aromatic heterocycles. The first-order chi connectivity index (χ1) is 11.9. The minimum atomic E-state index is -1.22. The first-order valence-corrected chi connectivity index (χ1v) is 8.41. The molecule has 25 heavy (non-hydrogen) atoms. The number of nitrogens with zero attached hydrogens (tertiary/aromatic N) is 2. The van der Waals surface area contributed by atoms with Crippen LogP contribution in [-0.2, 0) is 9.59 Å². The fourth-order valence-electron chi connectivity index (χ4n) is 2.82. The molecule has 0 bridgehead atoms. The number of carbonyl (C=O) groups excluding carboxylic acids is 2. The lowest BCUT2D eigenvalue weighted by atomic mass is 10.2. The van der Waals surface area contributed by atoms with Crippen molar-refractivity contribution in [3.05, 3.63) is 58.3 Å². The molecule has 0 spiro atoms. The highest BCUT2D eigenvalue weighted by atomic mass is 32.2. The van der Waals surface area contributed by atoms with E-state index >= 15 is 0 Å². The van der Waals surface area contributed by atoms with E-state index < -0.39 is 23.7 Å². The Balaban J connectivity index is 1.97. The van der Waals surface area contributed by atoms with Crippen molar-refractivity contribution in [1.29, 1.82) is 0 Å². The highest BCUT2D eigenvalue weighted by Gasteiger charge is 2.36. The van der Waals surface area contributed by atoms with Gasteiger partial charge < -0.3 is 9.67 Å². The van der Waals surface area contributed by atoms with Gasteiger partial charge in [-0.05, 0) is 55.4 Å². The maximum absolute atomic E-state index is 12.3. The molecule has 0 aliphatic carbocycles.